The maximum absolute atomic E-state index is 13.8. The number of halogens is 1. The van der Waals surface area contributed by atoms with E-state index in [4.69, 9.17) is 0 Å². The molecule has 176 valence electrons. The summed E-state index contributed by atoms with van der Waals surface area (Å²) in [5.74, 6) is -0.807. The van der Waals surface area contributed by atoms with E-state index >= 15 is 0 Å². The molecule has 0 aromatic heterocycles. The standard InChI is InChI=1S/C24H28FN3O4S/c1-23(2,15-26-22(29)24(30)12-6-7-13-24)16-28(18-8-4-3-5-9-18)21-19-11-10-17(25)14-20(19)33(31,32)27-21/h3-5,8-11,14,30H,6-7,12-13,15-16H2,1-2H3,(H,26,29). The molecule has 0 radical (unpaired) electrons. The Bertz CT molecular complexity index is 1190. The molecule has 0 saturated heterocycles. The number of rotatable bonds is 6. The van der Waals surface area contributed by atoms with Gasteiger partial charge in [0, 0.05) is 29.8 Å². The molecule has 2 aromatic carbocycles. The molecular weight excluding hydrogens is 445 g/mol. The Morgan fingerprint density at radius 1 is 1.18 bits per heavy atom. The summed E-state index contributed by atoms with van der Waals surface area (Å²) in [6.07, 6.45) is 2.56. The number of amides is 1. The SMILES string of the molecule is CC(C)(CNC(=O)C1(O)CCCC1)CN(C1=NS(=O)(=O)c2cc(F)ccc21)c1ccccc1. The highest BCUT2D eigenvalue weighted by atomic mass is 32.2. The van der Waals surface area contributed by atoms with Crippen molar-refractivity contribution in [1.29, 1.82) is 0 Å². The third kappa shape index (κ3) is 4.79. The van der Waals surface area contributed by atoms with E-state index in [2.05, 4.69) is 9.71 Å². The van der Waals surface area contributed by atoms with Crippen molar-refractivity contribution in [3.63, 3.8) is 0 Å². The number of aliphatic hydroxyl groups is 1. The van der Waals surface area contributed by atoms with Gasteiger partial charge in [-0.3, -0.25) is 4.79 Å². The number of carbonyl (C=O) groups excluding carboxylic acids is 1. The molecule has 1 aliphatic heterocycles. The van der Waals surface area contributed by atoms with E-state index < -0.39 is 26.9 Å². The van der Waals surface area contributed by atoms with Crippen LogP contribution in [0.15, 0.2) is 57.8 Å². The number of para-hydroxylation sites is 1. The van der Waals surface area contributed by atoms with Gasteiger partial charge in [0.2, 0.25) is 0 Å². The van der Waals surface area contributed by atoms with Crippen LogP contribution in [0.1, 0.15) is 45.1 Å². The topological polar surface area (TPSA) is 99.1 Å². The number of benzene rings is 2. The molecule has 0 atom stereocenters. The predicted octanol–water partition coefficient (Wildman–Crippen LogP) is 3.23. The maximum Gasteiger partial charge on any atom is 0.285 e. The summed E-state index contributed by atoms with van der Waals surface area (Å²) in [5.41, 5.74) is -0.782. The van der Waals surface area contributed by atoms with E-state index in [-0.39, 0.29) is 23.2 Å². The zero-order valence-electron chi connectivity index (χ0n) is 18.7. The molecule has 2 aliphatic rings. The lowest BCUT2D eigenvalue weighted by Crippen LogP contribution is -2.50. The lowest BCUT2D eigenvalue weighted by Gasteiger charge is -2.35. The highest BCUT2D eigenvalue weighted by molar-refractivity contribution is 7.90. The van der Waals surface area contributed by atoms with Gasteiger partial charge >= 0.3 is 0 Å². The van der Waals surface area contributed by atoms with Gasteiger partial charge in [0.05, 0.1) is 0 Å². The number of anilines is 1. The Hall–Kier alpha value is -2.78. The summed E-state index contributed by atoms with van der Waals surface area (Å²) in [4.78, 5) is 14.2. The monoisotopic (exact) mass is 473 g/mol. The van der Waals surface area contributed by atoms with Crippen LogP contribution in [0.4, 0.5) is 10.1 Å². The van der Waals surface area contributed by atoms with Crippen LogP contribution in [0, 0.1) is 11.2 Å². The van der Waals surface area contributed by atoms with Crippen molar-refractivity contribution < 1.29 is 22.7 Å². The number of carbonyl (C=O) groups is 1. The van der Waals surface area contributed by atoms with Crippen molar-refractivity contribution in [2.45, 2.75) is 50.0 Å². The fourth-order valence-electron chi connectivity index (χ4n) is 4.35. The number of sulfonamides is 1. The molecule has 1 saturated carbocycles. The molecule has 1 amide bonds. The molecule has 1 heterocycles. The van der Waals surface area contributed by atoms with Crippen LogP contribution in [0.2, 0.25) is 0 Å². The van der Waals surface area contributed by atoms with Gasteiger partial charge in [0.1, 0.15) is 16.3 Å². The van der Waals surface area contributed by atoms with E-state index in [0.29, 0.717) is 24.9 Å². The summed E-state index contributed by atoms with van der Waals surface area (Å²) in [5, 5.41) is 13.4. The van der Waals surface area contributed by atoms with Crippen molar-refractivity contribution in [3.05, 3.63) is 59.9 Å². The fourth-order valence-corrected chi connectivity index (χ4v) is 5.57. The van der Waals surface area contributed by atoms with Crippen LogP contribution in [-0.4, -0.2) is 44.0 Å². The highest BCUT2D eigenvalue weighted by Crippen LogP contribution is 2.33. The molecule has 33 heavy (non-hydrogen) atoms. The van der Waals surface area contributed by atoms with E-state index in [1.54, 1.807) is 4.90 Å². The average molecular weight is 474 g/mol. The van der Waals surface area contributed by atoms with Crippen molar-refractivity contribution in [2.75, 3.05) is 18.0 Å². The molecule has 9 heteroatoms. The van der Waals surface area contributed by atoms with Crippen molar-refractivity contribution in [3.8, 4) is 0 Å². The molecule has 2 N–H and O–H groups in total. The first-order valence-electron chi connectivity index (χ1n) is 11.0. The number of hydrogen-bond acceptors (Lipinski definition) is 5. The summed E-state index contributed by atoms with van der Waals surface area (Å²) in [6, 6.07) is 12.8. The van der Waals surface area contributed by atoms with Gasteiger partial charge in [0.25, 0.3) is 15.9 Å². The first-order valence-corrected chi connectivity index (χ1v) is 12.4. The molecule has 0 spiro atoms. The van der Waals surface area contributed by atoms with Crippen LogP contribution in [0.3, 0.4) is 0 Å². The van der Waals surface area contributed by atoms with Gasteiger partial charge in [-0.25, -0.2) is 4.39 Å². The Labute approximate surface area is 193 Å². The third-order valence-electron chi connectivity index (χ3n) is 6.16. The number of nitrogens with one attached hydrogen (secondary N) is 1. The summed E-state index contributed by atoms with van der Waals surface area (Å²) in [7, 11) is -4.03. The van der Waals surface area contributed by atoms with E-state index in [1.165, 1.54) is 12.1 Å². The minimum atomic E-state index is -4.03. The number of amidine groups is 1. The first-order chi connectivity index (χ1) is 15.5. The van der Waals surface area contributed by atoms with Gasteiger partial charge in [0.15, 0.2) is 5.84 Å². The average Bonchev–Trinajstić information content (AvgIpc) is 3.33. The van der Waals surface area contributed by atoms with E-state index in [9.17, 15) is 22.7 Å². The molecule has 1 fully saturated rings. The number of fused-ring (bicyclic) bond motifs is 1. The second kappa shape index (κ2) is 8.53. The Morgan fingerprint density at radius 3 is 2.52 bits per heavy atom. The van der Waals surface area contributed by atoms with Crippen LogP contribution < -0.4 is 10.2 Å². The molecule has 0 bridgehead atoms. The van der Waals surface area contributed by atoms with Gasteiger partial charge in [-0.15, -0.1) is 4.40 Å². The summed E-state index contributed by atoms with van der Waals surface area (Å²) >= 11 is 0. The quantitative estimate of drug-likeness (QED) is 0.671. The zero-order chi connectivity index (χ0) is 23.9. The van der Waals surface area contributed by atoms with Crippen molar-refractivity contribution in [1.82, 2.24) is 5.32 Å². The normalized spacial score (nSPS) is 18.5. The smallest absolute Gasteiger partial charge is 0.285 e. The van der Waals surface area contributed by atoms with Gasteiger partial charge in [-0.2, -0.15) is 8.42 Å². The van der Waals surface area contributed by atoms with Crippen LogP contribution in [0.25, 0.3) is 0 Å². The fraction of sp³-hybridized carbons (Fsp3) is 0.417. The predicted molar refractivity (Wildman–Crippen MR) is 124 cm³/mol. The minimum Gasteiger partial charge on any atom is -0.380 e. The number of nitrogens with zero attached hydrogens (tertiary/aromatic N) is 2. The van der Waals surface area contributed by atoms with E-state index in [1.807, 2.05) is 44.2 Å². The van der Waals surface area contributed by atoms with Crippen LogP contribution >= 0.6 is 0 Å². The first kappa shape index (κ1) is 23.4. The molecule has 0 unspecified atom stereocenters. The number of hydrogen-bond donors (Lipinski definition) is 2. The second-order valence-corrected chi connectivity index (χ2v) is 11.1. The summed E-state index contributed by atoms with van der Waals surface area (Å²) < 4.78 is 43.1. The molecular formula is C24H28FN3O4S. The van der Waals surface area contributed by atoms with Crippen molar-refractivity contribution in [2.24, 2.45) is 9.81 Å². The molecule has 4 rings (SSSR count). The largest absolute Gasteiger partial charge is 0.380 e. The Kier molecular flexibility index (Phi) is 6.05. The summed E-state index contributed by atoms with van der Waals surface area (Å²) in [6.45, 7) is 4.48. The Morgan fingerprint density at radius 2 is 1.85 bits per heavy atom. The zero-order valence-corrected chi connectivity index (χ0v) is 19.5. The van der Waals surface area contributed by atoms with Crippen LogP contribution in [-0.2, 0) is 14.8 Å². The van der Waals surface area contributed by atoms with Gasteiger partial charge in [-0.05, 0) is 56.0 Å². The molecule has 7 nitrogen and oxygen atoms in total. The third-order valence-corrected chi connectivity index (χ3v) is 7.47. The Balaban J connectivity index is 1.62. The van der Waals surface area contributed by atoms with Gasteiger partial charge < -0.3 is 15.3 Å². The maximum atomic E-state index is 13.8. The second-order valence-electron chi connectivity index (χ2n) is 9.54. The lowest BCUT2D eigenvalue weighted by atomic mass is 9.91. The minimum absolute atomic E-state index is 0.159. The lowest BCUT2D eigenvalue weighted by molar-refractivity contribution is -0.139. The molecule has 1 aliphatic carbocycles. The van der Waals surface area contributed by atoms with Crippen molar-refractivity contribution >= 4 is 27.5 Å². The van der Waals surface area contributed by atoms with Gasteiger partial charge in [-0.1, -0.05) is 32.0 Å². The highest BCUT2D eigenvalue weighted by Gasteiger charge is 2.40. The molecule has 2 aromatic rings. The van der Waals surface area contributed by atoms with E-state index in [0.717, 1.165) is 24.6 Å². The van der Waals surface area contributed by atoms with Crippen LogP contribution in [0.5, 0.6) is 0 Å².